The zero-order chi connectivity index (χ0) is 14.8. The van der Waals surface area contributed by atoms with E-state index in [0.29, 0.717) is 11.8 Å². The Morgan fingerprint density at radius 2 is 0.955 bits per heavy atom. The van der Waals surface area contributed by atoms with Gasteiger partial charge in [0, 0.05) is 0 Å². The molecule has 2 atom stereocenters. The molecule has 0 N–H and O–H groups in total. The minimum Gasteiger partial charge on any atom is -0.0798 e. The van der Waals surface area contributed by atoms with Crippen molar-refractivity contribution in [1.29, 1.82) is 0 Å². The summed E-state index contributed by atoms with van der Waals surface area (Å²) in [6.07, 6.45) is 10.0. The highest BCUT2D eigenvalue weighted by atomic mass is 14.3. The van der Waals surface area contributed by atoms with Crippen LogP contribution in [-0.4, -0.2) is 0 Å². The van der Waals surface area contributed by atoms with E-state index in [2.05, 4.69) is 72.8 Å². The maximum atomic E-state index is 2.52. The molecular weight excluding hydrogens is 264 g/mol. The third-order valence-electron chi connectivity index (χ3n) is 5.20. The van der Waals surface area contributed by atoms with E-state index in [1.165, 1.54) is 36.8 Å². The van der Waals surface area contributed by atoms with Gasteiger partial charge in [-0.1, -0.05) is 72.8 Å². The molecule has 0 heterocycles. The molecule has 0 nitrogen and oxygen atoms in total. The van der Waals surface area contributed by atoms with Gasteiger partial charge in [0.15, 0.2) is 0 Å². The topological polar surface area (TPSA) is 0 Å². The van der Waals surface area contributed by atoms with E-state index in [-0.39, 0.29) is 0 Å². The lowest BCUT2D eigenvalue weighted by Gasteiger charge is -2.19. The fourth-order valence-corrected chi connectivity index (χ4v) is 4.04. The Labute approximate surface area is 133 Å². The van der Waals surface area contributed by atoms with E-state index in [1.807, 2.05) is 0 Å². The number of hydrogen-bond acceptors (Lipinski definition) is 0. The lowest BCUT2D eigenvalue weighted by atomic mass is 9.86. The van der Waals surface area contributed by atoms with Crippen molar-refractivity contribution in [3.8, 4) is 0 Å². The number of fused-ring (bicyclic) bond motifs is 3. The Morgan fingerprint density at radius 1 is 0.545 bits per heavy atom. The Morgan fingerprint density at radius 3 is 1.36 bits per heavy atom. The first kappa shape index (κ1) is 13.6. The minimum atomic E-state index is 0.689. The largest absolute Gasteiger partial charge is 0.0798 e. The lowest BCUT2D eigenvalue weighted by molar-refractivity contribution is 0.544. The van der Waals surface area contributed by atoms with Crippen molar-refractivity contribution in [2.75, 3.05) is 0 Å². The van der Waals surface area contributed by atoms with Crippen molar-refractivity contribution in [3.63, 3.8) is 0 Å². The Hall–Kier alpha value is -2.08. The van der Waals surface area contributed by atoms with Crippen molar-refractivity contribution in [2.45, 2.75) is 25.7 Å². The van der Waals surface area contributed by atoms with Crippen LogP contribution in [0.4, 0.5) is 0 Å². The molecule has 0 spiro atoms. The highest BCUT2D eigenvalue weighted by Gasteiger charge is 2.27. The second kappa shape index (κ2) is 5.96. The fraction of sp³-hybridized carbons (Fsp3) is 0.273. The molecule has 2 unspecified atom stereocenters. The average Bonchev–Trinajstić information content (AvgIpc) is 2.91. The zero-order valence-electron chi connectivity index (χ0n) is 12.9. The van der Waals surface area contributed by atoms with Gasteiger partial charge in [-0.25, -0.2) is 0 Å². The van der Waals surface area contributed by atoms with Crippen LogP contribution in [0.3, 0.4) is 0 Å². The second-order valence-electron chi connectivity index (χ2n) is 6.49. The molecule has 110 valence electrons. The Bertz CT molecular complexity index is 628. The monoisotopic (exact) mass is 286 g/mol. The van der Waals surface area contributed by atoms with Gasteiger partial charge in [-0.3, -0.25) is 0 Å². The number of benzene rings is 2. The van der Waals surface area contributed by atoms with E-state index in [4.69, 9.17) is 0 Å². The molecule has 2 aliphatic carbocycles. The quantitative estimate of drug-likeness (QED) is 0.637. The first-order chi connectivity index (χ1) is 10.9. The molecule has 2 bridgehead atoms. The van der Waals surface area contributed by atoms with Crippen molar-refractivity contribution in [2.24, 2.45) is 11.8 Å². The zero-order valence-corrected chi connectivity index (χ0v) is 12.9. The van der Waals surface area contributed by atoms with Gasteiger partial charge in [-0.2, -0.15) is 0 Å². The SMILES string of the molecule is C1=C(c2ccccc2)C2CC=C(c3ccccc3)C(C1)CC2. The molecule has 22 heavy (non-hydrogen) atoms. The van der Waals surface area contributed by atoms with Crippen LogP contribution in [0.5, 0.6) is 0 Å². The van der Waals surface area contributed by atoms with Gasteiger partial charge in [0.2, 0.25) is 0 Å². The number of hydrogen-bond donors (Lipinski definition) is 0. The predicted octanol–water partition coefficient (Wildman–Crippen LogP) is 5.97. The van der Waals surface area contributed by atoms with Gasteiger partial charge in [0.05, 0.1) is 0 Å². The molecular formula is C22H22. The molecule has 0 fully saturated rings. The predicted molar refractivity (Wildman–Crippen MR) is 94.3 cm³/mol. The smallest absolute Gasteiger partial charge is 0.0124 e. The third kappa shape index (κ3) is 2.54. The van der Waals surface area contributed by atoms with Crippen LogP contribution in [-0.2, 0) is 0 Å². The maximum absolute atomic E-state index is 2.52. The van der Waals surface area contributed by atoms with Crippen LogP contribution in [0.1, 0.15) is 36.8 Å². The third-order valence-corrected chi connectivity index (χ3v) is 5.20. The normalized spacial score (nSPS) is 24.2. The standard InChI is InChI=1S/C22H22/c1-3-7-17(8-4-1)21-15-13-20-12-11-19(21)14-16-22(20)18-9-5-2-6-10-18/h1-10,15-16,19-20H,11-14H2. The molecule has 0 heteroatoms. The maximum Gasteiger partial charge on any atom is -0.0124 e. The van der Waals surface area contributed by atoms with E-state index in [1.54, 1.807) is 11.1 Å². The first-order valence-corrected chi connectivity index (χ1v) is 8.43. The van der Waals surface area contributed by atoms with E-state index < -0.39 is 0 Å². The van der Waals surface area contributed by atoms with Crippen LogP contribution < -0.4 is 0 Å². The summed E-state index contributed by atoms with van der Waals surface area (Å²) in [5, 5.41) is 0. The average molecular weight is 286 g/mol. The lowest BCUT2D eigenvalue weighted by Crippen LogP contribution is -2.02. The fourth-order valence-electron chi connectivity index (χ4n) is 4.04. The molecule has 0 amide bonds. The summed E-state index contributed by atoms with van der Waals surface area (Å²) >= 11 is 0. The molecule has 2 aromatic carbocycles. The number of rotatable bonds is 2. The second-order valence-corrected chi connectivity index (χ2v) is 6.49. The summed E-state index contributed by atoms with van der Waals surface area (Å²) < 4.78 is 0. The van der Waals surface area contributed by atoms with Gasteiger partial charge in [0.1, 0.15) is 0 Å². The highest BCUT2D eigenvalue weighted by Crippen LogP contribution is 2.43. The molecule has 0 saturated carbocycles. The minimum absolute atomic E-state index is 0.689. The number of allylic oxidation sites excluding steroid dienone is 4. The van der Waals surface area contributed by atoms with Crippen LogP contribution in [0, 0.1) is 11.8 Å². The van der Waals surface area contributed by atoms with Gasteiger partial charge in [0.25, 0.3) is 0 Å². The molecule has 0 aromatic heterocycles. The Kier molecular flexibility index (Phi) is 3.68. The summed E-state index contributed by atoms with van der Waals surface area (Å²) in [6, 6.07) is 21.9. The summed E-state index contributed by atoms with van der Waals surface area (Å²) in [5.74, 6) is 1.38. The van der Waals surface area contributed by atoms with E-state index in [0.717, 1.165) is 0 Å². The van der Waals surface area contributed by atoms with E-state index >= 15 is 0 Å². The van der Waals surface area contributed by atoms with Crippen LogP contribution in [0.2, 0.25) is 0 Å². The molecule has 2 aromatic rings. The van der Waals surface area contributed by atoms with Crippen LogP contribution in [0.25, 0.3) is 11.1 Å². The van der Waals surface area contributed by atoms with Gasteiger partial charge < -0.3 is 0 Å². The van der Waals surface area contributed by atoms with E-state index in [9.17, 15) is 0 Å². The first-order valence-electron chi connectivity index (χ1n) is 8.43. The van der Waals surface area contributed by atoms with Crippen molar-refractivity contribution in [3.05, 3.63) is 83.9 Å². The summed E-state index contributed by atoms with van der Waals surface area (Å²) in [4.78, 5) is 0. The summed E-state index contributed by atoms with van der Waals surface area (Å²) in [7, 11) is 0. The highest BCUT2D eigenvalue weighted by molar-refractivity contribution is 5.73. The van der Waals surface area contributed by atoms with Crippen molar-refractivity contribution < 1.29 is 0 Å². The van der Waals surface area contributed by atoms with Gasteiger partial charge in [-0.05, 0) is 59.8 Å². The van der Waals surface area contributed by atoms with Gasteiger partial charge >= 0.3 is 0 Å². The van der Waals surface area contributed by atoms with Crippen molar-refractivity contribution in [1.82, 2.24) is 0 Å². The molecule has 2 aliphatic rings. The van der Waals surface area contributed by atoms with Crippen LogP contribution >= 0.6 is 0 Å². The van der Waals surface area contributed by atoms with Crippen LogP contribution in [0.15, 0.2) is 72.8 Å². The van der Waals surface area contributed by atoms with Gasteiger partial charge in [-0.15, -0.1) is 0 Å². The molecule has 0 saturated heterocycles. The molecule has 4 rings (SSSR count). The molecule has 0 radical (unpaired) electrons. The summed E-state index contributed by atoms with van der Waals surface area (Å²) in [5.41, 5.74) is 5.99. The Balaban J connectivity index is 1.67. The molecule has 0 aliphatic heterocycles. The van der Waals surface area contributed by atoms with Crippen molar-refractivity contribution >= 4 is 11.1 Å². The summed E-state index contributed by atoms with van der Waals surface area (Å²) in [6.45, 7) is 0.